The summed E-state index contributed by atoms with van der Waals surface area (Å²) < 4.78 is 13.0. The van der Waals surface area contributed by atoms with Crippen LogP contribution in [0, 0.1) is 11.7 Å². The van der Waals surface area contributed by atoms with Gasteiger partial charge in [0.2, 0.25) is 0 Å². The number of likely N-dealkylation sites (tertiary alicyclic amines) is 1. The molecule has 1 aliphatic rings. The second-order valence-corrected chi connectivity index (χ2v) is 5.09. The Morgan fingerprint density at radius 1 is 1.53 bits per heavy atom. The number of aliphatic carboxylic acids is 1. The van der Waals surface area contributed by atoms with E-state index in [0.29, 0.717) is 18.5 Å². The molecular formula is C14H18FNO3. The molecule has 1 heterocycles. The number of phenolic OH excluding ortho intramolecular Hbond substituents is 1. The number of carbonyl (C=O) groups is 1. The van der Waals surface area contributed by atoms with Gasteiger partial charge in [-0.05, 0) is 32.9 Å². The quantitative estimate of drug-likeness (QED) is 0.882. The van der Waals surface area contributed by atoms with E-state index in [0.717, 1.165) is 6.07 Å². The lowest BCUT2D eigenvalue weighted by Gasteiger charge is -2.30. The molecule has 2 rings (SSSR count). The summed E-state index contributed by atoms with van der Waals surface area (Å²) in [4.78, 5) is 13.1. The van der Waals surface area contributed by atoms with Crippen molar-refractivity contribution >= 4 is 5.97 Å². The van der Waals surface area contributed by atoms with Crippen LogP contribution in [0.5, 0.6) is 5.75 Å². The molecule has 104 valence electrons. The Labute approximate surface area is 111 Å². The number of nitrogens with zero attached hydrogens (tertiary/aromatic N) is 1. The molecule has 0 spiro atoms. The highest BCUT2D eigenvalue weighted by Crippen LogP contribution is 2.36. The van der Waals surface area contributed by atoms with Crippen molar-refractivity contribution in [1.82, 2.24) is 4.90 Å². The van der Waals surface area contributed by atoms with Gasteiger partial charge in [0.25, 0.3) is 0 Å². The van der Waals surface area contributed by atoms with E-state index in [-0.39, 0.29) is 23.8 Å². The van der Waals surface area contributed by atoms with Gasteiger partial charge in [-0.25, -0.2) is 4.39 Å². The van der Waals surface area contributed by atoms with Crippen LogP contribution in [0.3, 0.4) is 0 Å². The van der Waals surface area contributed by atoms with Gasteiger partial charge < -0.3 is 10.2 Å². The zero-order valence-corrected chi connectivity index (χ0v) is 11.0. The molecular weight excluding hydrogens is 249 g/mol. The fourth-order valence-electron chi connectivity index (χ4n) is 2.89. The molecule has 0 aliphatic carbocycles. The Bertz CT molecular complexity index is 492. The minimum atomic E-state index is -0.787. The zero-order valence-electron chi connectivity index (χ0n) is 11.0. The molecule has 0 radical (unpaired) electrons. The van der Waals surface area contributed by atoms with Crippen LogP contribution in [0.2, 0.25) is 0 Å². The first-order valence-electron chi connectivity index (χ1n) is 6.38. The summed E-state index contributed by atoms with van der Waals surface area (Å²) >= 11 is 0. The lowest BCUT2D eigenvalue weighted by molar-refractivity contribution is -0.142. The third kappa shape index (κ3) is 2.56. The Hall–Kier alpha value is -1.62. The summed E-state index contributed by atoms with van der Waals surface area (Å²) in [5, 5.41) is 18.9. The van der Waals surface area contributed by atoms with Crippen LogP contribution in [-0.2, 0) is 4.79 Å². The molecule has 1 aliphatic heterocycles. The molecule has 1 fully saturated rings. The molecule has 0 amide bonds. The first kappa shape index (κ1) is 13.8. The topological polar surface area (TPSA) is 60.8 Å². The second-order valence-electron chi connectivity index (χ2n) is 5.09. The first-order chi connectivity index (χ1) is 8.91. The molecule has 0 aromatic heterocycles. The van der Waals surface area contributed by atoms with Crippen LogP contribution >= 0.6 is 0 Å². The highest BCUT2D eigenvalue weighted by molar-refractivity contribution is 5.71. The van der Waals surface area contributed by atoms with Crippen molar-refractivity contribution in [1.29, 1.82) is 0 Å². The van der Waals surface area contributed by atoms with E-state index in [9.17, 15) is 14.3 Å². The third-order valence-electron chi connectivity index (χ3n) is 4.06. The number of carboxylic acid groups (broad SMARTS) is 1. The maximum absolute atomic E-state index is 13.0. The molecule has 0 bridgehead atoms. The van der Waals surface area contributed by atoms with Gasteiger partial charge in [0.05, 0.1) is 5.92 Å². The van der Waals surface area contributed by atoms with E-state index in [1.807, 2.05) is 18.7 Å². The van der Waals surface area contributed by atoms with Gasteiger partial charge >= 0.3 is 5.97 Å². The lowest BCUT2D eigenvalue weighted by atomic mass is 10.0. The SMILES string of the molecule is CC(c1ccc(F)cc1O)N1CCC(C(=O)O)C1C. The monoisotopic (exact) mass is 267 g/mol. The molecule has 4 nitrogen and oxygen atoms in total. The molecule has 3 unspecified atom stereocenters. The predicted molar refractivity (Wildman–Crippen MR) is 68.4 cm³/mol. The largest absolute Gasteiger partial charge is 0.508 e. The van der Waals surface area contributed by atoms with E-state index in [2.05, 4.69) is 0 Å². The second kappa shape index (κ2) is 5.17. The van der Waals surface area contributed by atoms with E-state index in [1.54, 1.807) is 6.07 Å². The summed E-state index contributed by atoms with van der Waals surface area (Å²) in [6.45, 7) is 4.44. The van der Waals surface area contributed by atoms with Crippen LogP contribution < -0.4 is 0 Å². The minimum absolute atomic E-state index is 0.0847. The number of hydrogen-bond acceptors (Lipinski definition) is 3. The Balaban J connectivity index is 2.20. The van der Waals surface area contributed by atoms with Crippen molar-refractivity contribution in [3.63, 3.8) is 0 Å². The average molecular weight is 267 g/mol. The first-order valence-corrected chi connectivity index (χ1v) is 6.38. The van der Waals surface area contributed by atoms with E-state index < -0.39 is 11.8 Å². The van der Waals surface area contributed by atoms with Crippen LogP contribution in [-0.4, -0.2) is 33.7 Å². The number of aromatic hydroxyl groups is 1. The van der Waals surface area contributed by atoms with E-state index in [1.165, 1.54) is 6.07 Å². The van der Waals surface area contributed by atoms with Crippen LogP contribution in [0.4, 0.5) is 4.39 Å². The Morgan fingerprint density at radius 3 is 2.74 bits per heavy atom. The predicted octanol–water partition coefficient (Wildman–Crippen LogP) is 2.39. The van der Waals surface area contributed by atoms with Crippen LogP contribution in [0.1, 0.15) is 31.9 Å². The van der Waals surface area contributed by atoms with Crippen molar-refractivity contribution in [2.45, 2.75) is 32.4 Å². The summed E-state index contributed by atoms with van der Waals surface area (Å²) in [6.07, 6.45) is 0.600. The molecule has 1 aromatic rings. The zero-order chi connectivity index (χ0) is 14.2. The molecule has 19 heavy (non-hydrogen) atoms. The molecule has 1 aromatic carbocycles. The Kier molecular flexibility index (Phi) is 3.75. The van der Waals surface area contributed by atoms with E-state index in [4.69, 9.17) is 5.11 Å². The average Bonchev–Trinajstić information content (AvgIpc) is 2.70. The van der Waals surface area contributed by atoms with Crippen LogP contribution in [0.15, 0.2) is 18.2 Å². The van der Waals surface area contributed by atoms with Gasteiger partial charge in [-0.15, -0.1) is 0 Å². The van der Waals surface area contributed by atoms with Crippen molar-refractivity contribution in [2.75, 3.05) is 6.54 Å². The summed E-state index contributed by atoms with van der Waals surface area (Å²) in [6, 6.07) is 3.70. The maximum Gasteiger partial charge on any atom is 0.308 e. The Morgan fingerprint density at radius 2 is 2.21 bits per heavy atom. The molecule has 3 atom stereocenters. The fourth-order valence-corrected chi connectivity index (χ4v) is 2.89. The summed E-state index contributed by atoms with van der Waals surface area (Å²) in [7, 11) is 0. The lowest BCUT2D eigenvalue weighted by Crippen LogP contribution is -2.34. The van der Waals surface area contributed by atoms with Crippen molar-refractivity contribution < 1.29 is 19.4 Å². The number of halogens is 1. The third-order valence-corrected chi connectivity index (χ3v) is 4.06. The van der Waals surface area contributed by atoms with Gasteiger partial charge in [0.15, 0.2) is 0 Å². The van der Waals surface area contributed by atoms with Crippen molar-refractivity contribution in [2.24, 2.45) is 5.92 Å². The minimum Gasteiger partial charge on any atom is -0.508 e. The highest BCUT2D eigenvalue weighted by Gasteiger charge is 2.38. The standard InChI is InChI=1S/C14H18FNO3/c1-8(11-4-3-10(15)7-13(11)17)16-6-5-12(9(16)2)14(18)19/h3-4,7-9,12,17H,5-6H2,1-2H3,(H,18,19). The van der Waals surface area contributed by atoms with Crippen molar-refractivity contribution in [3.8, 4) is 5.75 Å². The number of rotatable bonds is 3. The van der Waals surface area contributed by atoms with Gasteiger partial charge in [-0.3, -0.25) is 9.69 Å². The molecule has 5 heteroatoms. The highest BCUT2D eigenvalue weighted by atomic mass is 19.1. The molecule has 0 saturated carbocycles. The van der Waals surface area contributed by atoms with Gasteiger partial charge in [0, 0.05) is 23.7 Å². The number of carboxylic acids is 1. The fraction of sp³-hybridized carbons (Fsp3) is 0.500. The maximum atomic E-state index is 13.0. The van der Waals surface area contributed by atoms with Crippen molar-refractivity contribution in [3.05, 3.63) is 29.6 Å². The number of benzene rings is 1. The smallest absolute Gasteiger partial charge is 0.308 e. The normalized spacial score (nSPS) is 25.4. The molecule has 2 N–H and O–H groups in total. The van der Waals surface area contributed by atoms with E-state index >= 15 is 0 Å². The summed E-state index contributed by atoms with van der Waals surface area (Å²) in [5.74, 6) is -1.74. The number of hydrogen-bond donors (Lipinski definition) is 2. The summed E-state index contributed by atoms with van der Waals surface area (Å²) in [5.41, 5.74) is 0.624. The number of phenols is 1. The molecule has 1 saturated heterocycles. The van der Waals surface area contributed by atoms with Gasteiger partial charge in [-0.1, -0.05) is 6.07 Å². The van der Waals surface area contributed by atoms with Gasteiger partial charge in [-0.2, -0.15) is 0 Å². The van der Waals surface area contributed by atoms with Crippen LogP contribution in [0.25, 0.3) is 0 Å². The van der Waals surface area contributed by atoms with Gasteiger partial charge in [0.1, 0.15) is 11.6 Å².